The Balaban J connectivity index is 0.000000247. The highest BCUT2D eigenvalue weighted by molar-refractivity contribution is 6.54. The summed E-state index contributed by atoms with van der Waals surface area (Å²) in [6.07, 6.45) is 7.20. The average Bonchev–Trinajstić information content (AvgIpc) is 3.02. The van der Waals surface area contributed by atoms with Crippen LogP contribution in [0.4, 0.5) is 0 Å². The molecule has 5 heteroatoms. The van der Waals surface area contributed by atoms with E-state index in [1.54, 1.807) is 0 Å². The Labute approximate surface area is 122 Å². The lowest BCUT2D eigenvalue weighted by atomic mass is 9.73. The van der Waals surface area contributed by atoms with Gasteiger partial charge in [0.1, 0.15) is 6.79 Å². The first-order valence-electron chi connectivity index (χ1n) is 7.62. The van der Waals surface area contributed by atoms with Gasteiger partial charge in [0.2, 0.25) is 0 Å². The first-order chi connectivity index (χ1) is 9.42. The summed E-state index contributed by atoms with van der Waals surface area (Å²) in [5.41, 5.74) is 0.950. The minimum Gasteiger partial charge on any atom is -0.400 e. The van der Waals surface area contributed by atoms with E-state index in [9.17, 15) is 0 Å². The Kier molecular flexibility index (Phi) is 5.29. The lowest BCUT2D eigenvalue weighted by Crippen LogP contribution is -2.41. The van der Waals surface area contributed by atoms with Crippen LogP contribution in [0.1, 0.15) is 53.4 Å². The van der Waals surface area contributed by atoms with Crippen molar-refractivity contribution in [1.82, 2.24) is 0 Å². The Bertz CT molecular complexity index is 324. The summed E-state index contributed by atoms with van der Waals surface area (Å²) in [5, 5.41) is 0. The SMILES string of the molecule is C1COCO1.CC1(C)OB(C2=CCCCC2)OC1(C)C. The molecular weight excluding hydrogens is 255 g/mol. The Morgan fingerprint density at radius 3 is 1.95 bits per heavy atom. The Morgan fingerprint density at radius 2 is 1.55 bits per heavy atom. The molecule has 0 bridgehead atoms. The van der Waals surface area contributed by atoms with Crippen molar-refractivity contribution in [1.29, 1.82) is 0 Å². The van der Waals surface area contributed by atoms with E-state index in [0.29, 0.717) is 6.79 Å². The number of allylic oxidation sites excluding steroid dienone is 2. The quantitative estimate of drug-likeness (QED) is 0.692. The fourth-order valence-electron chi connectivity index (χ4n) is 2.37. The molecule has 0 spiro atoms. The predicted octanol–water partition coefficient (Wildman–Crippen LogP) is 3.11. The molecular formula is C15H27BO4. The summed E-state index contributed by atoms with van der Waals surface area (Å²) in [5.74, 6) is 0. The molecule has 2 fully saturated rings. The molecule has 2 heterocycles. The van der Waals surface area contributed by atoms with Crippen LogP contribution in [0.5, 0.6) is 0 Å². The average molecular weight is 282 g/mol. The van der Waals surface area contributed by atoms with E-state index in [0.717, 1.165) is 19.6 Å². The van der Waals surface area contributed by atoms with Gasteiger partial charge in [0.15, 0.2) is 0 Å². The van der Waals surface area contributed by atoms with Crippen molar-refractivity contribution in [2.75, 3.05) is 20.0 Å². The van der Waals surface area contributed by atoms with Crippen LogP contribution in [0, 0.1) is 0 Å². The smallest absolute Gasteiger partial charge is 0.400 e. The molecule has 0 amide bonds. The zero-order valence-corrected chi connectivity index (χ0v) is 13.2. The first-order valence-corrected chi connectivity index (χ1v) is 7.62. The number of rotatable bonds is 1. The maximum Gasteiger partial charge on any atom is 0.490 e. The molecule has 1 aliphatic carbocycles. The van der Waals surface area contributed by atoms with Crippen LogP contribution in [-0.4, -0.2) is 38.3 Å². The third-order valence-corrected chi connectivity index (χ3v) is 4.42. The summed E-state index contributed by atoms with van der Waals surface area (Å²) in [7, 11) is -0.102. The Morgan fingerprint density at radius 1 is 0.950 bits per heavy atom. The van der Waals surface area contributed by atoms with Gasteiger partial charge in [0.05, 0.1) is 24.4 Å². The molecule has 114 valence electrons. The molecule has 3 rings (SSSR count). The fourth-order valence-corrected chi connectivity index (χ4v) is 2.37. The van der Waals surface area contributed by atoms with Gasteiger partial charge in [-0.05, 0) is 58.9 Å². The Hall–Kier alpha value is -0.355. The van der Waals surface area contributed by atoms with Crippen molar-refractivity contribution in [2.45, 2.75) is 64.6 Å². The molecule has 0 unspecified atom stereocenters. The zero-order chi connectivity index (χ0) is 14.6. The largest absolute Gasteiger partial charge is 0.490 e. The summed E-state index contributed by atoms with van der Waals surface area (Å²) < 4.78 is 21.5. The van der Waals surface area contributed by atoms with Gasteiger partial charge < -0.3 is 18.8 Å². The molecule has 0 N–H and O–H groups in total. The van der Waals surface area contributed by atoms with Gasteiger partial charge in [0.25, 0.3) is 0 Å². The minimum atomic E-state index is -0.198. The molecule has 3 aliphatic rings. The highest BCUT2D eigenvalue weighted by Crippen LogP contribution is 2.39. The maximum atomic E-state index is 6.01. The zero-order valence-electron chi connectivity index (χ0n) is 13.2. The molecule has 0 saturated carbocycles. The van der Waals surface area contributed by atoms with E-state index in [-0.39, 0.29) is 18.3 Å². The van der Waals surface area contributed by atoms with Gasteiger partial charge >= 0.3 is 7.12 Å². The van der Waals surface area contributed by atoms with E-state index in [4.69, 9.17) is 18.8 Å². The molecule has 4 nitrogen and oxygen atoms in total. The van der Waals surface area contributed by atoms with Crippen molar-refractivity contribution in [3.05, 3.63) is 11.5 Å². The lowest BCUT2D eigenvalue weighted by molar-refractivity contribution is 0.00578. The van der Waals surface area contributed by atoms with Crippen molar-refractivity contribution in [3.63, 3.8) is 0 Å². The van der Waals surface area contributed by atoms with E-state index in [1.807, 2.05) is 0 Å². The maximum absolute atomic E-state index is 6.01. The molecule has 0 radical (unpaired) electrons. The van der Waals surface area contributed by atoms with Crippen molar-refractivity contribution >= 4 is 7.12 Å². The lowest BCUT2D eigenvalue weighted by Gasteiger charge is -2.32. The standard InChI is InChI=1S/C12H21BO2.C3H6O2/c1-11(2)12(3,4)15-13(14-11)10-8-6-5-7-9-10;1-2-5-3-4-1/h8H,5-7,9H2,1-4H3;1-3H2. The summed E-state index contributed by atoms with van der Waals surface area (Å²) in [6.45, 7) is 10.5. The highest BCUT2D eigenvalue weighted by Gasteiger charge is 2.52. The van der Waals surface area contributed by atoms with E-state index >= 15 is 0 Å². The van der Waals surface area contributed by atoms with Gasteiger partial charge in [-0.2, -0.15) is 0 Å². The van der Waals surface area contributed by atoms with Gasteiger partial charge in [-0.1, -0.05) is 6.08 Å². The van der Waals surface area contributed by atoms with Crippen LogP contribution in [-0.2, 0) is 18.8 Å². The van der Waals surface area contributed by atoms with Gasteiger partial charge in [-0.15, -0.1) is 0 Å². The van der Waals surface area contributed by atoms with E-state index in [1.165, 1.54) is 24.7 Å². The monoisotopic (exact) mass is 282 g/mol. The van der Waals surface area contributed by atoms with Gasteiger partial charge in [0, 0.05) is 0 Å². The van der Waals surface area contributed by atoms with E-state index < -0.39 is 0 Å². The summed E-state index contributed by atoms with van der Waals surface area (Å²) in [4.78, 5) is 0. The molecule has 0 atom stereocenters. The first kappa shape index (κ1) is 16.0. The number of ether oxygens (including phenoxy) is 2. The normalized spacial score (nSPS) is 27.8. The number of hydrogen-bond donors (Lipinski definition) is 0. The molecule has 20 heavy (non-hydrogen) atoms. The van der Waals surface area contributed by atoms with Crippen LogP contribution in [0.2, 0.25) is 0 Å². The second-order valence-electron chi connectivity index (χ2n) is 6.55. The summed E-state index contributed by atoms with van der Waals surface area (Å²) >= 11 is 0. The van der Waals surface area contributed by atoms with Gasteiger partial charge in [-0.25, -0.2) is 0 Å². The number of hydrogen-bond acceptors (Lipinski definition) is 4. The molecule has 0 aromatic heterocycles. The van der Waals surface area contributed by atoms with Crippen molar-refractivity contribution in [3.8, 4) is 0 Å². The molecule has 2 aliphatic heterocycles. The third kappa shape index (κ3) is 3.85. The fraction of sp³-hybridized carbons (Fsp3) is 0.867. The molecule has 0 aromatic carbocycles. The molecule has 0 aromatic rings. The van der Waals surface area contributed by atoms with E-state index in [2.05, 4.69) is 33.8 Å². The van der Waals surface area contributed by atoms with Crippen LogP contribution < -0.4 is 0 Å². The van der Waals surface area contributed by atoms with Gasteiger partial charge in [-0.3, -0.25) is 0 Å². The highest BCUT2D eigenvalue weighted by atomic mass is 16.7. The second kappa shape index (κ2) is 6.61. The summed E-state index contributed by atoms with van der Waals surface area (Å²) in [6, 6.07) is 0. The van der Waals surface area contributed by atoms with Crippen LogP contribution in [0.3, 0.4) is 0 Å². The second-order valence-corrected chi connectivity index (χ2v) is 6.55. The third-order valence-electron chi connectivity index (χ3n) is 4.42. The predicted molar refractivity (Wildman–Crippen MR) is 79.4 cm³/mol. The topological polar surface area (TPSA) is 36.9 Å². The van der Waals surface area contributed by atoms with Crippen LogP contribution in [0.15, 0.2) is 11.5 Å². The van der Waals surface area contributed by atoms with Crippen LogP contribution >= 0.6 is 0 Å². The van der Waals surface area contributed by atoms with Crippen LogP contribution in [0.25, 0.3) is 0 Å². The minimum absolute atomic E-state index is 0.102. The van der Waals surface area contributed by atoms with Crippen molar-refractivity contribution < 1.29 is 18.8 Å². The molecule has 2 saturated heterocycles. The van der Waals surface area contributed by atoms with Crippen molar-refractivity contribution in [2.24, 2.45) is 0 Å².